The van der Waals surface area contributed by atoms with Crippen molar-refractivity contribution in [1.82, 2.24) is 9.88 Å². The number of pyridine rings is 1. The van der Waals surface area contributed by atoms with Gasteiger partial charge in [-0.2, -0.15) is 0 Å². The lowest BCUT2D eigenvalue weighted by atomic mass is 9.84. The number of aliphatic hydroxyl groups is 1. The number of unbranched alkanes of at least 4 members (excludes halogenated alkanes) is 1. The van der Waals surface area contributed by atoms with Gasteiger partial charge in [0, 0.05) is 18.3 Å². The van der Waals surface area contributed by atoms with E-state index < -0.39 is 17.7 Å². The van der Waals surface area contributed by atoms with Crippen molar-refractivity contribution in [3.05, 3.63) is 70.6 Å². The van der Waals surface area contributed by atoms with E-state index in [2.05, 4.69) is 25.8 Å². The fraction of sp³-hybridized carbons (Fsp3) is 0.400. The molecular formula is C25H30N2O3. The van der Waals surface area contributed by atoms with Gasteiger partial charge in [0.1, 0.15) is 11.8 Å². The third-order valence-corrected chi connectivity index (χ3v) is 5.62. The Bertz CT molecular complexity index is 987. The first kappa shape index (κ1) is 21.8. The van der Waals surface area contributed by atoms with Crippen molar-refractivity contribution >= 4 is 17.4 Å². The molecule has 1 amide bonds. The third-order valence-electron chi connectivity index (χ3n) is 5.62. The van der Waals surface area contributed by atoms with Crippen LogP contribution in [-0.4, -0.2) is 33.2 Å². The van der Waals surface area contributed by atoms with Crippen molar-refractivity contribution in [3.8, 4) is 0 Å². The molecule has 0 radical (unpaired) electrons. The SMILES string of the molecule is CCCCN1C(=O)C(=O)/C(=C(/O)c2cc(C(C)(C)C)ccc2C)C1c1ccccn1. The highest BCUT2D eigenvalue weighted by Crippen LogP contribution is 2.39. The maximum absolute atomic E-state index is 13.0. The second kappa shape index (κ2) is 8.42. The summed E-state index contributed by atoms with van der Waals surface area (Å²) >= 11 is 0. The normalized spacial score (nSPS) is 18.8. The standard InChI is InChI=1S/C25H30N2O3/c1-6-7-14-27-21(19-10-8-9-13-26-19)20(23(29)24(27)30)22(28)18-15-17(25(3,4)5)12-11-16(18)2/h8-13,15,21,28H,6-7,14H2,1-5H3/b22-20+. The van der Waals surface area contributed by atoms with E-state index in [0.29, 0.717) is 17.8 Å². The van der Waals surface area contributed by atoms with Crippen LogP contribution >= 0.6 is 0 Å². The van der Waals surface area contributed by atoms with Crippen molar-refractivity contribution < 1.29 is 14.7 Å². The lowest BCUT2D eigenvalue weighted by Gasteiger charge is -2.25. The van der Waals surface area contributed by atoms with E-state index in [0.717, 1.165) is 24.0 Å². The number of hydrogen-bond acceptors (Lipinski definition) is 4. The molecule has 1 aliphatic heterocycles. The zero-order chi connectivity index (χ0) is 22.1. The van der Waals surface area contributed by atoms with Crippen LogP contribution in [0.1, 0.15) is 69.0 Å². The summed E-state index contributed by atoms with van der Waals surface area (Å²) in [4.78, 5) is 31.8. The number of Topliss-reactive ketones (excluding diaryl/α,β-unsaturated/α-hetero) is 1. The van der Waals surface area contributed by atoms with Crippen LogP contribution in [0.5, 0.6) is 0 Å². The molecule has 5 heteroatoms. The van der Waals surface area contributed by atoms with Crippen LogP contribution in [0.2, 0.25) is 0 Å². The zero-order valence-corrected chi connectivity index (χ0v) is 18.4. The number of amides is 1. The lowest BCUT2D eigenvalue weighted by molar-refractivity contribution is -0.140. The Morgan fingerprint density at radius 3 is 2.50 bits per heavy atom. The first-order chi connectivity index (χ1) is 14.2. The maximum atomic E-state index is 13.0. The molecule has 1 saturated heterocycles. The molecule has 0 spiro atoms. The van der Waals surface area contributed by atoms with Crippen LogP contribution in [0, 0.1) is 6.92 Å². The van der Waals surface area contributed by atoms with E-state index in [1.54, 1.807) is 23.2 Å². The highest BCUT2D eigenvalue weighted by Gasteiger charge is 2.46. The van der Waals surface area contributed by atoms with E-state index in [9.17, 15) is 14.7 Å². The molecule has 1 aromatic carbocycles. The van der Waals surface area contributed by atoms with Gasteiger partial charge in [-0.25, -0.2) is 0 Å². The number of nitrogens with zero attached hydrogens (tertiary/aromatic N) is 2. The number of rotatable bonds is 5. The predicted molar refractivity (Wildman–Crippen MR) is 118 cm³/mol. The third kappa shape index (κ3) is 4.02. The predicted octanol–water partition coefficient (Wildman–Crippen LogP) is 4.91. The summed E-state index contributed by atoms with van der Waals surface area (Å²) in [6, 6.07) is 10.6. The van der Waals surface area contributed by atoms with Crippen molar-refractivity contribution in [2.75, 3.05) is 6.54 Å². The Hall–Kier alpha value is -2.95. The molecule has 0 aliphatic carbocycles. The summed E-state index contributed by atoms with van der Waals surface area (Å²) in [6.07, 6.45) is 3.31. The summed E-state index contributed by atoms with van der Waals surface area (Å²) in [7, 11) is 0. The Balaban J connectivity index is 2.21. The fourth-order valence-corrected chi connectivity index (χ4v) is 3.77. The lowest BCUT2D eigenvalue weighted by Crippen LogP contribution is -2.31. The second-order valence-corrected chi connectivity index (χ2v) is 8.88. The molecule has 2 heterocycles. The first-order valence-corrected chi connectivity index (χ1v) is 10.5. The smallest absolute Gasteiger partial charge is 0.295 e. The Kier molecular flexibility index (Phi) is 6.11. The van der Waals surface area contributed by atoms with Crippen molar-refractivity contribution in [2.45, 2.75) is 58.9 Å². The minimum Gasteiger partial charge on any atom is -0.507 e. The number of carbonyl (C=O) groups is 2. The maximum Gasteiger partial charge on any atom is 0.295 e. The van der Waals surface area contributed by atoms with E-state index in [-0.39, 0.29) is 16.7 Å². The second-order valence-electron chi connectivity index (χ2n) is 8.88. The van der Waals surface area contributed by atoms with E-state index >= 15 is 0 Å². The largest absolute Gasteiger partial charge is 0.507 e. The van der Waals surface area contributed by atoms with Gasteiger partial charge in [-0.3, -0.25) is 14.6 Å². The van der Waals surface area contributed by atoms with Crippen molar-refractivity contribution in [3.63, 3.8) is 0 Å². The van der Waals surface area contributed by atoms with Crippen LogP contribution in [-0.2, 0) is 15.0 Å². The molecule has 0 bridgehead atoms. The minimum atomic E-state index is -0.685. The van der Waals surface area contributed by atoms with Gasteiger partial charge in [0.05, 0.1) is 11.3 Å². The number of aryl methyl sites for hydroxylation is 1. The Morgan fingerprint density at radius 1 is 1.17 bits per heavy atom. The molecule has 1 N–H and O–H groups in total. The highest BCUT2D eigenvalue weighted by molar-refractivity contribution is 6.46. The number of aliphatic hydroxyl groups excluding tert-OH is 1. The number of aromatic nitrogens is 1. The summed E-state index contributed by atoms with van der Waals surface area (Å²) in [5.41, 5.74) is 3.06. The van der Waals surface area contributed by atoms with Gasteiger partial charge in [0.15, 0.2) is 0 Å². The van der Waals surface area contributed by atoms with Crippen LogP contribution in [0.3, 0.4) is 0 Å². The van der Waals surface area contributed by atoms with Gasteiger partial charge in [0.25, 0.3) is 11.7 Å². The van der Waals surface area contributed by atoms with E-state index in [1.807, 2.05) is 38.1 Å². The van der Waals surface area contributed by atoms with Gasteiger partial charge in [0.2, 0.25) is 0 Å². The van der Waals surface area contributed by atoms with Crippen molar-refractivity contribution in [2.24, 2.45) is 0 Å². The molecule has 1 aliphatic rings. The first-order valence-electron chi connectivity index (χ1n) is 10.5. The summed E-state index contributed by atoms with van der Waals surface area (Å²) < 4.78 is 0. The topological polar surface area (TPSA) is 70.5 Å². The number of benzene rings is 1. The minimum absolute atomic E-state index is 0.115. The average Bonchev–Trinajstić information content (AvgIpc) is 2.96. The van der Waals surface area contributed by atoms with Crippen LogP contribution < -0.4 is 0 Å². The number of likely N-dealkylation sites (tertiary alicyclic amines) is 1. The Morgan fingerprint density at radius 2 is 1.90 bits per heavy atom. The zero-order valence-electron chi connectivity index (χ0n) is 18.4. The molecule has 30 heavy (non-hydrogen) atoms. The molecule has 1 aromatic heterocycles. The van der Waals surface area contributed by atoms with E-state index in [1.165, 1.54) is 0 Å². The van der Waals surface area contributed by atoms with Crippen LogP contribution in [0.15, 0.2) is 48.2 Å². The molecule has 1 unspecified atom stereocenters. The van der Waals surface area contributed by atoms with Gasteiger partial charge in [-0.15, -0.1) is 0 Å². The molecule has 158 valence electrons. The van der Waals surface area contributed by atoms with Crippen molar-refractivity contribution in [1.29, 1.82) is 0 Å². The summed E-state index contributed by atoms with van der Waals surface area (Å²) in [6.45, 7) is 10.7. The number of ketones is 1. The fourth-order valence-electron chi connectivity index (χ4n) is 3.77. The molecule has 0 saturated carbocycles. The van der Waals surface area contributed by atoms with Crippen LogP contribution in [0.25, 0.3) is 5.76 Å². The molecular weight excluding hydrogens is 376 g/mol. The van der Waals surface area contributed by atoms with Gasteiger partial charge in [-0.05, 0) is 48.1 Å². The van der Waals surface area contributed by atoms with Gasteiger partial charge < -0.3 is 10.0 Å². The van der Waals surface area contributed by atoms with Crippen LogP contribution in [0.4, 0.5) is 0 Å². The number of carbonyl (C=O) groups excluding carboxylic acids is 2. The number of hydrogen-bond donors (Lipinski definition) is 1. The molecule has 1 fully saturated rings. The van der Waals surface area contributed by atoms with E-state index in [4.69, 9.17) is 0 Å². The quantitative estimate of drug-likeness (QED) is 0.435. The Labute approximate surface area is 178 Å². The summed E-state index contributed by atoms with van der Waals surface area (Å²) in [5, 5.41) is 11.3. The average molecular weight is 407 g/mol. The monoisotopic (exact) mass is 406 g/mol. The molecule has 1 atom stereocenters. The van der Waals surface area contributed by atoms with Gasteiger partial charge >= 0.3 is 0 Å². The highest BCUT2D eigenvalue weighted by atomic mass is 16.3. The van der Waals surface area contributed by atoms with Gasteiger partial charge in [-0.1, -0.05) is 52.3 Å². The molecule has 2 aromatic rings. The summed E-state index contributed by atoms with van der Waals surface area (Å²) in [5.74, 6) is -1.36. The molecule has 3 rings (SSSR count). The molecule has 5 nitrogen and oxygen atoms in total.